The fourth-order valence-electron chi connectivity index (χ4n) is 3.90. The molecule has 7 nitrogen and oxygen atoms in total. The first-order chi connectivity index (χ1) is 17.2. The highest BCUT2D eigenvalue weighted by Gasteiger charge is 2.36. The molecule has 2 heterocycles. The molecule has 0 radical (unpaired) electrons. The topological polar surface area (TPSA) is 78.4 Å². The van der Waals surface area contributed by atoms with Gasteiger partial charge in [0.2, 0.25) is 5.91 Å². The van der Waals surface area contributed by atoms with Gasteiger partial charge in [0.15, 0.2) is 11.6 Å². The molecule has 2 aromatic carbocycles. The summed E-state index contributed by atoms with van der Waals surface area (Å²) < 4.78 is 52.8. The van der Waals surface area contributed by atoms with E-state index in [1.807, 2.05) is 4.90 Å². The van der Waals surface area contributed by atoms with Gasteiger partial charge in [0.05, 0.1) is 11.1 Å². The minimum absolute atomic E-state index is 0.197. The van der Waals surface area contributed by atoms with Crippen molar-refractivity contribution in [1.29, 1.82) is 0 Å². The van der Waals surface area contributed by atoms with E-state index in [1.165, 1.54) is 35.2 Å². The molecular formula is C25H23F4N5O2. The van der Waals surface area contributed by atoms with Crippen molar-refractivity contribution in [3.63, 3.8) is 0 Å². The van der Waals surface area contributed by atoms with Gasteiger partial charge < -0.3 is 15.1 Å². The van der Waals surface area contributed by atoms with Crippen LogP contribution in [-0.4, -0.2) is 53.1 Å². The fraction of sp³-hybridized carbons (Fsp3) is 0.280. The molecule has 2 amide bonds. The van der Waals surface area contributed by atoms with Crippen LogP contribution in [0.1, 0.15) is 27.9 Å². The molecule has 0 saturated carbocycles. The second kappa shape index (κ2) is 10.7. The third-order valence-corrected chi connectivity index (χ3v) is 5.83. The van der Waals surface area contributed by atoms with Gasteiger partial charge in [0, 0.05) is 32.6 Å². The number of nitrogens with one attached hydrogen (secondary N) is 1. The van der Waals surface area contributed by atoms with Gasteiger partial charge in [-0.25, -0.2) is 4.39 Å². The molecule has 1 aromatic heterocycles. The molecular weight excluding hydrogens is 478 g/mol. The number of carbonyl (C=O) groups is 2. The largest absolute Gasteiger partial charge is 0.417 e. The van der Waals surface area contributed by atoms with Gasteiger partial charge in [-0.3, -0.25) is 9.59 Å². The molecule has 3 aromatic rings. The number of halogens is 4. The molecule has 0 atom stereocenters. The summed E-state index contributed by atoms with van der Waals surface area (Å²) in [6, 6.07) is 14.0. The van der Waals surface area contributed by atoms with Crippen LogP contribution in [0.4, 0.5) is 29.2 Å². The zero-order valence-electron chi connectivity index (χ0n) is 19.1. The van der Waals surface area contributed by atoms with E-state index < -0.39 is 17.6 Å². The number of hydrogen-bond donors (Lipinski definition) is 1. The summed E-state index contributed by atoms with van der Waals surface area (Å²) in [6.07, 6.45) is -3.96. The Morgan fingerprint density at radius 1 is 0.889 bits per heavy atom. The maximum Gasteiger partial charge on any atom is 0.417 e. The normalized spacial score (nSPS) is 14.0. The zero-order valence-corrected chi connectivity index (χ0v) is 19.1. The monoisotopic (exact) mass is 501 g/mol. The van der Waals surface area contributed by atoms with Crippen LogP contribution in [0, 0.1) is 5.82 Å². The molecule has 1 aliphatic heterocycles. The van der Waals surface area contributed by atoms with Crippen LogP contribution in [0.15, 0.2) is 60.7 Å². The number of carbonyl (C=O) groups excluding carboxylic acids is 2. The van der Waals surface area contributed by atoms with E-state index >= 15 is 0 Å². The van der Waals surface area contributed by atoms with Crippen LogP contribution in [0.25, 0.3) is 0 Å². The molecule has 1 N–H and O–H groups in total. The molecule has 36 heavy (non-hydrogen) atoms. The lowest BCUT2D eigenvalue weighted by Crippen LogP contribution is -2.49. The molecule has 1 aliphatic rings. The van der Waals surface area contributed by atoms with Gasteiger partial charge in [-0.2, -0.15) is 13.2 Å². The second-order valence-electron chi connectivity index (χ2n) is 8.27. The Morgan fingerprint density at radius 3 is 2.22 bits per heavy atom. The minimum Gasteiger partial charge on any atom is -0.352 e. The van der Waals surface area contributed by atoms with Crippen LogP contribution in [0.3, 0.4) is 0 Å². The Labute approximate surface area is 204 Å². The SMILES string of the molecule is O=C(CCc1ccc(F)cc1)Nc1ccc(N2CCN(C(=O)c3ccccc3C(F)(F)F)CC2)nn1. The lowest BCUT2D eigenvalue weighted by Gasteiger charge is -2.35. The van der Waals surface area contributed by atoms with Crippen LogP contribution >= 0.6 is 0 Å². The number of aryl methyl sites for hydroxylation is 1. The minimum atomic E-state index is -4.61. The standard InChI is InChI=1S/C25H23F4N5O2/c26-18-8-5-17(6-9-18)7-12-23(35)30-21-10-11-22(32-31-21)33-13-15-34(16-14-33)24(36)19-3-1-2-4-20(19)25(27,28)29/h1-6,8-11H,7,12-16H2,(H,30,31,35). The number of alkyl halides is 3. The highest BCUT2D eigenvalue weighted by molar-refractivity contribution is 5.96. The second-order valence-corrected chi connectivity index (χ2v) is 8.27. The third kappa shape index (κ3) is 6.15. The Hall–Kier alpha value is -4.02. The summed E-state index contributed by atoms with van der Waals surface area (Å²) in [5, 5.41) is 10.8. The van der Waals surface area contributed by atoms with Gasteiger partial charge >= 0.3 is 6.18 Å². The summed E-state index contributed by atoms with van der Waals surface area (Å²) in [5.41, 5.74) is -0.469. The number of anilines is 2. The summed E-state index contributed by atoms with van der Waals surface area (Å²) in [7, 11) is 0. The number of benzene rings is 2. The van der Waals surface area contributed by atoms with Gasteiger partial charge in [-0.15, -0.1) is 10.2 Å². The molecule has 4 rings (SSSR count). The lowest BCUT2D eigenvalue weighted by molar-refractivity contribution is -0.138. The molecule has 188 valence electrons. The van der Waals surface area contributed by atoms with E-state index in [0.717, 1.165) is 11.6 Å². The van der Waals surface area contributed by atoms with E-state index in [-0.39, 0.29) is 42.6 Å². The van der Waals surface area contributed by atoms with Crippen molar-refractivity contribution < 1.29 is 27.2 Å². The Bertz CT molecular complexity index is 1210. The van der Waals surface area contributed by atoms with Crippen LogP contribution in [0.5, 0.6) is 0 Å². The summed E-state index contributed by atoms with van der Waals surface area (Å²) in [4.78, 5) is 28.2. The number of nitrogens with zero attached hydrogens (tertiary/aromatic N) is 4. The summed E-state index contributed by atoms with van der Waals surface area (Å²) in [6.45, 7) is 1.21. The van der Waals surface area contributed by atoms with Gasteiger partial charge in [-0.1, -0.05) is 24.3 Å². The lowest BCUT2D eigenvalue weighted by atomic mass is 10.1. The van der Waals surface area contributed by atoms with Crippen molar-refractivity contribution in [1.82, 2.24) is 15.1 Å². The van der Waals surface area contributed by atoms with Gasteiger partial charge in [0.25, 0.3) is 5.91 Å². The van der Waals surface area contributed by atoms with Crippen molar-refractivity contribution in [2.24, 2.45) is 0 Å². The Morgan fingerprint density at radius 2 is 1.58 bits per heavy atom. The van der Waals surface area contributed by atoms with Crippen LogP contribution in [0.2, 0.25) is 0 Å². The smallest absolute Gasteiger partial charge is 0.352 e. The van der Waals surface area contributed by atoms with E-state index in [2.05, 4.69) is 15.5 Å². The number of hydrogen-bond acceptors (Lipinski definition) is 5. The van der Waals surface area contributed by atoms with Crippen molar-refractivity contribution >= 4 is 23.5 Å². The summed E-state index contributed by atoms with van der Waals surface area (Å²) >= 11 is 0. The van der Waals surface area contributed by atoms with Crippen LogP contribution < -0.4 is 10.2 Å². The quantitative estimate of drug-likeness (QED) is 0.513. The van der Waals surface area contributed by atoms with Gasteiger partial charge in [0.1, 0.15) is 5.82 Å². The molecule has 0 aliphatic carbocycles. The molecule has 11 heteroatoms. The van der Waals surface area contributed by atoms with Crippen molar-refractivity contribution in [3.05, 3.63) is 83.2 Å². The van der Waals surface area contributed by atoms with E-state index in [4.69, 9.17) is 0 Å². The maximum atomic E-state index is 13.3. The van der Waals surface area contributed by atoms with E-state index in [0.29, 0.717) is 25.3 Å². The summed E-state index contributed by atoms with van der Waals surface area (Å²) in [5.74, 6) is -0.444. The Kier molecular flexibility index (Phi) is 7.47. The van der Waals surface area contributed by atoms with Crippen molar-refractivity contribution in [2.75, 3.05) is 36.4 Å². The number of rotatable bonds is 6. The van der Waals surface area contributed by atoms with Crippen molar-refractivity contribution in [3.8, 4) is 0 Å². The number of aromatic nitrogens is 2. The highest BCUT2D eigenvalue weighted by Crippen LogP contribution is 2.32. The van der Waals surface area contributed by atoms with Crippen molar-refractivity contribution in [2.45, 2.75) is 19.0 Å². The first-order valence-electron chi connectivity index (χ1n) is 11.3. The van der Waals surface area contributed by atoms with E-state index in [1.54, 1.807) is 24.3 Å². The maximum absolute atomic E-state index is 13.3. The average Bonchev–Trinajstić information content (AvgIpc) is 2.88. The fourth-order valence-corrected chi connectivity index (χ4v) is 3.90. The van der Waals surface area contributed by atoms with E-state index in [9.17, 15) is 27.2 Å². The third-order valence-electron chi connectivity index (χ3n) is 5.83. The van der Waals surface area contributed by atoms with Crippen LogP contribution in [-0.2, 0) is 17.4 Å². The molecule has 0 spiro atoms. The predicted octanol–water partition coefficient (Wildman–Crippen LogP) is 4.17. The number of amides is 2. The average molecular weight is 501 g/mol. The molecule has 1 fully saturated rings. The molecule has 1 saturated heterocycles. The highest BCUT2D eigenvalue weighted by atomic mass is 19.4. The Balaban J connectivity index is 1.29. The van der Waals surface area contributed by atoms with Gasteiger partial charge in [-0.05, 0) is 48.4 Å². The first-order valence-corrected chi connectivity index (χ1v) is 11.3. The molecule has 0 unspecified atom stereocenters. The molecule has 0 bridgehead atoms. The number of piperazine rings is 1. The zero-order chi connectivity index (χ0) is 25.7. The first kappa shape index (κ1) is 25.1. The predicted molar refractivity (Wildman–Crippen MR) is 125 cm³/mol.